The monoisotopic (exact) mass is 219 g/mol. The maximum absolute atomic E-state index is 3.48. The van der Waals surface area contributed by atoms with E-state index >= 15 is 0 Å². The van der Waals surface area contributed by atoms with Crippen LogP contribution in [0.25, 0.3) is 0 Å². The summed E-state index contributed by atoms with van der Waals surface area (Å²) < 4.78 is 0. The van der Waals surface area contributed by atoms with E-state index in [9.17, 15) is 0 Å². The molecule has 0 radical (unpaired) electrons. The molecule has 0 aromatic rings. The quantitative estimate of drug-likeness (QED) is 0.646. The summed E-state index contributed by atoms with van der Waals surface area (Å²) >= 11 is 3.48. The Hall–Kier alpha value is 0.440. The van der Waals surface area contributed by atoms with Crippen molar-refractivity contribution in [1.29, 1.82) is 0 Å². The van der Waals surface area contributed by atoms with Gasteiger partial charge in [-0.2, -0.15) is 0 Å². The van der Waals surface area contributed by atoms with Gasteiger partial charge in [-0.1, -0.05) is 29.8 Å². The Labute approximate surface area is 78.3 Å². The summed E-state index contributed by atoms with van der Waals surface area (Å²) in [5.74, 6) is 1.82. The largest absolute Gasteiger partial charge is 0.302 e. The Morgan fingerprint density at radius 2 is 2.09 bits per heavy atom. The lowest BCUT2D eigenvalue weighted by Crippen LogP contribution is -2.39. The van der Waals surface area contributed by atoms with Gasteiger partial charge in [-0.25, -0.2) is 0 Å². The van der Waals surface area contributed by atoms with Gasteiger partial charge in [0.25, 0.3) is 0 Å². The standard InChI is InChI=1S/C9H18BrN/c1-8-3-5-11(6-4-10)7-9(8)2/h8-9H,3-7H2,1-2H3. The molecule has 1 fully saturated rings. The van der Waals surface area contributed by atoms with E-state index in [0.717, 1.165) is 17.2 Å². The van der Waals surface area contributed by atoms with Gasteiger partial charge in [0.2, 0.25) is 0 Å². The molecule has 1 nitrogen and oxygen atoms in total. The molecule has 0 saturated carbocycles. The van der Waals surface area contributed by atoms with Gasteiger partial charge < -0.3 is 4.90 Å². The number of rotatable bonds is 2. The smallest absolute Gasteiger partial charge is 0.0159 e. The molecule has 0 aromatic heterocycles. The predicted octanol–water partition coefficient (Wildman–Crippen LogP) is 2.36. The third-order valence-corrected chi connectivity index (χ3v) is 3.17. The van der Waals surface area contributed by atoms with Crippen molar-refractivity contribution in [1.82, 2.24) is 4.90 Å². The Morgan fingerprint density at radius 1 is 1.36 bits per heavy atom. The van der Waals surface area contributed by atoms with Crippen molar-refractivity contribution < 1.29 is 0 Å². The average Bonchev–Trinajstić information content (AvgIpc) is 1.98. The summed E-state index contributed by atoms with van der Waals surface area (Å²) in [6.07, 6.45) is 1.38. The van der Waals surface area contributed by atoms with Crippen molar-refractivity contribution in [2.75, 3.05) is 25.0 Å². The molecule has 66 valence electrons. The molecule has 1 rings (SSSR count). The van der Waals surface area contributed by atoms with Crippen molar-refractivity contribution in [3.63, 3.8) is 0 Å². The van der Waals surface area contributed by atoms with E-state index in [1.54, 1.807) is 0 Å². The van der Waals surface area contributed by atoms with Crippen LogP contribution in [0.4, 0.5) is 0 Å². The molecule has 0 spiro atoms. The molecule has 1 saturated heterocycles. The van der Waals surface area contributed by atoms with E-state index in [4.69, 9.17) is 0 Å². The van der Waals surface area contributed by atoms with E-state index in [1.165, 1.54) is 26.1 Å². The van der Waals surface area contributed by atoms with Crippen LogP contribution in [0, 0.1) is 11.8 Å². The maximum Gasteiger partial charge on any atom is 0.0159 e. The van der Waals surface area contributed by atoms with Gasteiger partial charge in [-0.3, -0.25) is 0 Å². The highest BCUT2D eigenvalue weighted by Gasteiger charge is 2.21. The number of hydrogen-bond donors (Lipinski definition) is 0. The van der Waals surface area contributed by atoms with Crippen LogP contribution in [0.1, 0.15) is 20.3 Å². The van der Waals surface area contributed by atoms with Crippen LogP contribution < -0.4 is 0 Å². The fourth-order valence-electron chi connectivity index (χ4n) is 1.67. The number of piperidine rings is 1. The fraction of sp³-hybridized carbons (Fsp3) is 1.00. The number of halogens is 1. The summed E-state index contributed by atoms with van der Waals surface area (Å²) in [4.78, 5) is 2.55. The molecule has 0 aromatic carbocycles. The van der Waals surface area contributed by atoms with Crippen LogP contribution in [-0.4, -0.2) is 29.9 Å². The topological polar surface area (TPSA) is 3.24 Å². The molecule has 2 unspecified atom stereocenters. The molecular weight excluding hydrogens is 202 g/mol. The summed E-state index contributed by atoms with van der Waals surface area (Å²) in [7, 11) is 0. The predicted molar refractivity (Wildman–Crippen MR) is 53.2 cm³/mol. The summed E-state index contributed by atoms with van der Waals surface area (Å²) in [5.41, 5.74) is 0. The molecule has 1 aliphatic heterocycles. The Balaban J connectivity index is 2.28. The highest BCUT2D eigenvalue weighted by molar-refractivity contribution is 9.09. The third kappa shape index (κ3) is 2.75. The first kappa shape index (κ1) is 9.53. The minimum atomic E-state index is 0.891. The minimum absolute atomic E-state index is 0.891. The molecule has 11 heavy (non-hydrogen) atoms. The lowest BCUT2D eigenvalue weighted by molar-refractivity contribution is 0.146. The van der Waals surface area contributed by atoms with Crippen molar-refractivity contribution in [2.45, 2.75) is 20.3 Å². The van der Waals surface area contributed by atoms with Crippen LogP contribution in [0.15, 0.2) is 0 Å². The number of nitrogens with zero attached hydrogens (tertiary/aromatic N) is 1. The molecular formula is C9H18BrN. The second-order valence-corrected chi connectivity index (χ2v) is 4.53. The van der Waals surface area contributed by atoms with E-state index in [1.807, 2.05) is 0 Å². The molecule has 2 atom stereocenters. The fourth-order valence-corrected chi connectivity index (χ4v) is 2.17. The second kappa shape index (κ2) is 4.46. The van der Waals surface area contributed by atoms with Gasteiger partial charge in [0.1, 0.15) is 0 Å². The summed E-state index contributed by atoms with van der Waals surface area (Å²) in [6, 6.07) is 0. The highest BCUT2D eigenvalue weighted by Crippen LogP contribution is 2.21. The van der Waals surface area contributed by atoms with Gasteiger partial charge in [0, 0.05) is 18.4 Å². The lowest BCUT2D eigenvalue weighted by Gasteiger charge is -2.34. The number of likely N-dealkylation sites (tertiary alicyclic amines) is 1. The van der Waals surface area contributed by atoms with Gasteiger partial charge in [-0.15, -0.1) is 0 Å². The van der Waals surface area contributed by atoms with E-state index in [0.29, 0.717) is 0 Å². The highest BCUT2D eigenvalue weighted by atomic mass is 79.9. The van der Waals surface area contributed by atoms with Crippen LogP contribution in [0.5, 0.6) is 0 Å². The van der Waals surface area contributed by atoms with E-state index < -0.39 is 0 Å². The van der Waals surface area contributed by atoms with Crippen LogP contribution in [0.2, 0.25) is 0 Å². The van der Waals surface area contributed by atoms with Gasteiger partial charge in [0.15, 0.2) is 0 Å². The van der Waals surface area contributed by atoms with Crippen LogP contribution >= 0.6 is 15.9 Å². The van der Waals surface area contributed by atoms with Gasteiger partial charge >= 0.3 is 0 Å². The lowest BCUT2D eigenvalue weighted by atomic mass is 9.89. The number of alkyl halides is 1. The summed E-state index contributed by atoms with van der Waals surface area (Å²) in [6.45, 7) is 8.56. The zero-order chi connectivity index (χ0) is 8.27. The maximum atomic E-state index is 3.48. The third-order valence-electron chi connectivity index (χ3n) is 2.82. The average molecular weight is 220 g/mol. The first-order chi connectivity index (χ1) is 5.24. The molecule has 0 bridgehead atoms. The number of hydrogen-bond acceptors (Lipinski definition) is 1. The Kier molecular flexibility index (Phi) is 3.86. The van der Waals surface area contributed by atoms with Crippen molar-refractivity contribution in [2.24, 2.45) is 11.8 Å². The molecule has 0 aliphatic carbocycles. The Morgan fingerprint density at radius 3 is 2.64 bits per heavy atom. The SMILES string of the molecule is CC1CCN(CCBr)CC1C. The van der Waals surface area contributed by atoms with Crippen molar-refractivity contribution >= 4 is 15.9 Å². The Bertz CT molecular complexity index is 116. The zero-order valence-electron chi connectivity index (χ0n) is 7.52. The van der Waals surface area contributed by atoms with E-state index in [-0.39, 0.29) is 0 Å². The van der Waals surface area contributed by atoms with E-state index in [2.05, 4.69) is 34.7 Å². The molecule has 0 amide bonds. The van der Waals surface area contributed by atoms with Gasteiger partial charge in [0.05, 0.1) is 0 Å². The normalized spacial score (nSPS) is 34.1. The molecule has 0 N–H and O–H groups in total. The molecule has 2 heteroatoms. The van der Waals surface area contributed by atoms with Crippen LogP contribution in [-0.2, 0) is 0 Å². The van der Waals surface area contributed by atoms with Crippen LogP contribution in [0.3, 0.4) is 0 Å². The first-order valence-electron chi connectivity index (χ1n) is 4.52. The molecule has 1 heterocycles. The van der Waals surface area contributed by atoms with Crippen molar-refractivity contribution in [3.05, 3.63) is 0 Å². The zero-order valence-corrected chi connectivity index (χ0v) is 9.10. The van der Waals surface area contributed by atoms with Gasteiger partial charge in [-0.05, 0) is 24.8 Å². The second-order valence-electron chi connectivity index (χ2n) is 3.73. The minimum Gasteiger partial charge on any atom is -0.302 e. The molecule has 1 aliphatic rings. The van der Waals surface area contributed by atoms with Crippen molar-refractivity contribution in [3.8, 4) is 0 Å². The summed E-state index contributed by atoms with van der Waals surface area (Å²) in [5, 5.41) is 1.12. The first-order valence-corrected chi connectivity index (χ1v) is 5.64.